The molecule has 2 unspecified atom stereocenters. The van der Waals surface area contributed by atoms with E-state index in [0.717, 1.165) is 25.2 Å². The average molecular weight is 679 g/mol. The van der Waals surface area contributed by atoms with Crippen LogP contribution in [0.1, 0.15) is 104 Å². The van der Waals surface area contributed by atoms with Gasteiger partial charge in [-0.15, -0.1) is 0 Å². The van der Waals surface area contributed by atoms with Crippen LogP contribution in [0.25, 0.3) is 0 Å². The van der Waals surface area contributed by atoms with Crippen molar-refractivity contribution in [2.24, 2.45) is 16.7 Å². The van der Waals surface area contributed by atoms with Crippen molar-refractivity contribution in [1.29, 1.82) is 0 Å². The molecule has 2 atom stereocenters. The lowest BCUT2D eigenvalue weighted by Crippen LogP contribution is -2.42. The average Bonchev–Trinajstić information content (AvgIpc) is 3.39. The zero-order valence-corrected chi connectivity index (χ0v) is 30.3. The van der Waals surface area contributed by atoms with Crippen molar-refractivity contribution in [3.05, 3.63) is 84.9 Å². The lowest BCUT2D eigenvalue weighted by molar-refractivity contribution is -0.128. The minimum Gasteiger partial charge on any atom is -0.748 e. The highest BCUT2D eigenvalue weighted by Gasteiger charge is 2.64. The van der Waals surface area contributed by atoms with E-state index >= 15 is 0 Å². The van der Waals surface area contributed by atoms with Gasteiger partial charge in [-0.25, -0.2) is 8.42 Å². The van der Waals surface area contributed by atoms with Crippen molar-refractivity contribution in [3.63, 3.8) is 0 Å². The zero-order chi connectivity index (χ0) is 33.8. The monoisotopic (exact) mass is 678 g/mol. The van der Waals surface area contributed by atoms with E-state index in [9.17, 15) is 17.8 Å². The first kappa shape index (κ1) is 37.2. The second-order valence-electron chi connectivity index (χ2n) is 13.8. The van der Waals surface area contributed by atoms with Gasteiger partial charge in [-0.3, -0.25) is 4.79 Å². The predicted molar refractivity (Wildman–Crippen MR) is 192 cm³/mol. The Morgan fingerprint density at radius 2 is 1.23 bits per heavy atom. The highest BCUT2D eigenvalue weighted by atomic mass is 32.2. The number of hydrogen-bond acceptors (Lipinski definition) is 5. The Kier molecular flexibility index (Phi) is 14.0. The summed E-state index contributed by atoms with van der Waals surface area (Å²) in [7, 11) is -4.42. The molecule has 5 nitrogen and oxygen atoms in total. The molecular formula is C40H54O5S2. The topological polar surface area (TPSA) is 83.5 Å². The van der Waals surface area contributed by atoms with Crippen molar-refractivity contribution >= 4 is 26.8 Å². The number of benzene rings is 3. The van der Waals surface area contributed by atoms with Crippen LogP contribution in [-0.4, -0.2) is 31.1 Å². The van der Waals surface area contributed by atoms with Crippen LogP contribution in [-0.2, 0) is 25.8 Å². The third-order valence-electron chi connectivity index (χ3n) is 10.3. The van der Waals surface area contributed by atoms with Gasteiger partial charge >= 0.3 is 0 Å². The lowest BCUT2D eigenvalue weighted by atomic mass is 9.70. The van der Waals surface area contributed by atoms with Gasteiger partial charge in [0.15, 0.2) is 14.7 Å². The fourth-order valence-corrected chi connectivity index (χ4v) is 10.7. The lowest BCUT2D eigenvalue weighted by Gasteiger charge is -2.37. The SMILES string of the molecule is CC1(C)C2CCC1(CS(=O)(=O)[O-])C(=O)C2.CCCCCCCCCCCCOc1ccc([S+](c2ccccc2)c2ccccc2)cc1. The molecule has 2 bridgehead atoms. The third-order valence-corrected chi connectivity index (χ3v) is 13.4. The standard InChI is InChI=1S/C30H39OS.C10H16O4S/c1-2-3-4-5-6-7-8-9-10-17-26-31-27-22-24-30(25-23-27)32(28-18-13-11-14-19-28)29-20-15-12-16-21-29;1-9(2)7-3-4-10(9,8(11)5-7)6-15(12,13)14/h11-16,18-25H,2-10,17,26H2,1H3;7H,3-6H2,1-2H3,(H,12,13,14)/q+1;/p-1. The van der Waals surface area contributed by atoms with Gasteiger partial charge in [0, 0.05) is 11.8 Å². The molecule has 2 aliphatic rings. The fourth-order valence-electron chi connectivity index (χ4n) is 7.38. The summed E-state index contributed by atoms with van der Waals surface area (Å²) in [5.41, 5.74) is -1.22. The molecule has 3 aromatic rings. The Balaban J connectivity index is 0.000000277. The zero-order valence-electron chi connectivity index (χ0n) is 28.6. The number of ether oxygens (including phenoxy) is 1. The molecule has 0 heterocycles. The first-order valence-electron chi connectivity index (χ1n) is 17.6. The summed E-state index contributed by atoms with van der Waals surface area (Å²) in [6, 6.07) is 30.3. The third kappa shape index (κ3) is 10.2. The van der Waals surface area contributed by atoms with E-state index in [4.69, 9.17) is 4.74 Å². The van der Waals surface area contributed by atoms with E-state index < -0.39 is 21.3 Å². The van der Waals surface area contributed by atoms with Crippen LogP contribution in [0.5, 0.6) is 5.75 Å². The van der Waals surface area contributed by atoms with E-state index in [0.29, 0.717) is 12.8 Å². The van der Waals surface area contributed by atoms with E-state index in [-0.39, 0.29) is 28.0 Å². The number of hydrogen-bond donors (Lipinski definition) is 0. The normalized spacial score (nSPS) is 19.9. The minimum absolute atomic E-state index is 0.0248. The molecule has 2 fully saturated rings. The van der Waals surface area contributed by atoms with Crippen molar-refractivity contribution in [2.75, 3.05) is 12.4 Å². The number of ketones is 1. The smallest absolute Gasteiger partial charge is 0.166 e. The van der Waals surface area contributed by atoms with Crippen LogP contribution in [0.2, 0.25) is 0 Å². The van der Waals surface area contributed by atoms with Crippen LogP contribution in [0.15, 0.2) is 99.6 Å². The maximum absolute atomic E-state index is 11.8. The molecular weight excluding hydrogens is 625 g/mol. The van der Waals surface area contributed by atoms with Crippen molar-refractivity contribution in [3.8, 4) is 5.75 Å². The molecule has 0 aromatic heterocycles. The number of carbonyl (C=O) groups is 1. The molecule has 7 heteroatoms. The number of carbonyl (C=O) groups excluding carboxylic acids is 1. The molecule has 0 radical (unpaired) electrons. The molecule has 256 valence electrons. The Morgan fingerprint density at radius 3 is 1.68 bits per heavy atom. The summed E-state index contributed by atoms with van der Waals surface area (Å²) >= 11 is 0. The number of fused-ring (bicyclic) bond motifs is 2. The summed E-state index contributed by atoms with van der Waals surface area (Å²) in [6.45, 7) is 6.93. The van der Waals surface area contributed by atoms with E-state index in [1.54, 1.807) is 0 Å². The van der Waals surface area contributed by atoms with Gasteiger partial charge in [0.05, 0.1) is 33.4 Å². The van der Waals surface area contributed by atoms with Gasteiger partial charge in [-0.2, -0.15) is 0 Å². The second-order valence-corrected chi connectivity index (χ2v) is 17.2. The van der Waals surface area contributed by atoms with Gasteiger partial charge in [-0.1, -0.05) is 115 Å². The minimum atomic E-state index is -4.33. The summed E-state index contributed by atoms with van der Waals surface area (Å²) in [6.07, 6.45) is 15.4. The van der Waals surface area contributed by atoms with E-state index in [1.807, 2.05) is 13.8 Å². The molecule has 2 aliphatic carbocycles. The van der Waals surface area contributed by atoms with Gasteiger partial charge in [0.2, 0.25) is 0 Å². The Bertz CT molecular complexity index is 1430. The van der Waals surface area contributed by atoms with Crippen molar-refractivity contribution in [2.45, 2.75) is 119 Å². The Morgan fingerprint density at radius 1 is 0.745 bits per heavy atom. The first-order valence-corrected chi connectivity index (χ1v) is 20.4. The van der Waals surface area contributed by atoms with Gasteiger partial charge in [0.25, 0.3) is 0 Å². The van der Waals surface area contributed by atoms with Gasteiger partial charge < -0.3 is 9.29 Å². The van der Waals surface area contributed by atoms with Gasteiger partial charge in [0.1, 0.15) is 11.5 Å². The molecule has 2 saturated carbocycles. The number of unbranched alkanes of at least 4 members (excludes halogenated alkanes) is 9. The van der Waals surface area contributed by atoms with Crippen LogP contribution in [0, 0.1) is 16.7 Å². The molecule has 3 aromatic carbocycles. The number of rotatable bonds is 17. The summed E-state index contributed by atoms with van der Waals surface area (Å²) in [5.74, 6) is 0.701. The highest BCUT2D eigenvalue weighted by molar-refractivity contribution is 7.97. The van der Waals surface area contributed by atoms with E-state index in [2.05, 4.69) is 91.9 Å². The first-order chi connectivity index (χ1) is 22.6. The molecule has 0 N–H and O–H groups in total. The molecule has 0 aliphatic heterocycles. The molecule has 5 rings (SSSR count). The summed E-state index contributed by atoms with van der Waals surface area (Å²) in [5, 5.41) is 0. The van der Waals surface area contributed by atoms with Crippen molar-refractivity contribution in [1.82, 2.24) is 0 Å². The number of Topliss-reactive ketones (excluding diaryl/α,β-unsaturated/α-hetero) is 1. The Hall–Kier alpha value is -2.61. The maximum atomic E-state index is 11.8. The van der Waals surface area contributed by atoms with Crippen LogP contribution < -0.4 is 4.74 Å². The largest absolute Gasteiger partial charge is 0.748 e. The van der Waals surface area contributed by atoms with E-state index in [1.165, 1.54) is 72.5 Å². The summed E-state index contributed by atoms with van der Waals surface area (Å²) in [4.78, 5) is 15.9. The molecule has 0 saturated heterocycles. The van der Waals surface area contributed by atoms with Crippen molar-refractivity contribution < 1.29 is 22.5 Å². The van der Waals surface area contributed by atoms with Crippen LogP contribution in [0.4, 0.5) is 0 Å². The molecule has 47 heavy (non-hydrogen) atoms. The van der Waals surface area contributed by atoms with Crippen LogP contribution in [0.3, 0.4) is 0 Å². The molecule has 0 amide bonds. The quantitative estimate of drug-likeness (QED) is 0.0806. The second kappa shape index (κ2) is 17.7. The highest BCUT2D eigenvalue weighted by Crippen LogP contribution is 2.64. The fraction of sp³-hybridized carbons (Fsp3) is 0.525. The Labute approximate surface area is 287 Å². The maximum Gasteiger partial charge on any atom is 0.166 e. The predicted octanol–water partition coefficient (Wildman–Crippen LogP) is 10.0. The molecule has 0 spiro atoms. The summed E-state index contributed by atoms with van der Waals surface area (Å²) < 4.78 is 38.7. The van der Waals surface area contributed by atoms with Crippen LogP contribution >= 0.6 is 0 Å². The van der Waals surface area contributed by atoms with Gasteiger partial charge in [-0.05, 0) is 79.1 Å².